The molecule has 3 aliphatic heterocycles. The van der Waals surface area contributed by atoms with Crippen LogP contribution in [0.1, 0.15) is 12.8 Å². The number of hydrogen-bond acceptors (Lipinski definition) is 7. The normalized spacial score (nSPS) is 19.8. The van der Waals surface area contributed by atoms with E-state index in [9.17, 15) is 9.59 Å². The van der Waals surface area contributed by atoms with Gasteiger partial charge in [-0.1, -0.05) is 0 Å². The Balaban J connectivity index is 1.02. The van der Waals surface area contributed by atoms with Crippen molar-refractivity contribution in [2.45, 2.75) is 18.9 Å². The zero-order valence-electron chi connectivity index (χ0n) is 20.0. The number of carbonyl (C=O) groups is 2. The summed E-state index contributed by atoms with van der Waals surface area (Å²) in [5.41, 5.74) is 1.82. The molecule has 2 amide bonds. The third-order valence-corrected chi connectivity index (χ3v) is 6.95. The first kappa shape index (κ1) is 23.6. The lowest BCUT2D eigenvalue weighted by atomic mass is 9.98. The van der Waals surface area contributed by atoms with E-state index >= 15 is 0 Å². The molecule has 4 heterocycles. The van der Waals surface area contributed by atoms with Crippen molar-refractivity contribution in [3.63, 3.8) is 0 Å². The minimum atomic E-state index is -0.0257. The van der Waals surface area contributed by atoms with Crippen molar-refractivity contribution in [1.82, 2.24) is 14.8 Å². The zero-order valence-corrected chi connectivity index (χ0v) is 20.0. The molecule has 9 nitrogen and oxygen atoms in total. The van der Waals surface area contributed by atoms with E-state index < -0.39 is 0 Å². The summed E-state index contributed by atoms with van der Waals surface area (Å²) in [6, 6.07) is 11.5. The molecular formula is C26H33N5O4. The predicted molar refractivity (Wildman–Crippen MR) is 133 cm³/mol. The van der Waals surface area contributed by atoms with Crippen molar-refractivity contribution >= 4 is 23.2 Å². The number of hydrogen-bond donors (Lipinski definition) is 1. The van der Waals surface area contributed by atoms with Gasteiger partial charge in [-0.15, -0.1) is 0 Å². The van der Waals surface area contributed by atoms with Crippen LogP contribution in [-0.4, -0.2) is 91.7 Å². The summed E-state index contributed by atoms with van der Waals surface area (Å²) in [6.45, 7) is 6.38. The molecule has 3 aliphatic rings. The molecule has 0 unspecified atom stereocenters. The second-order valence-corrected chi connectivity index (χ2v) is 9.41. The van der Waals surface area contributed by atoms with Crippen LogP contribution in [-0.2, 0) is 14.3 Å². The summed E-state index contributed by atoms with van der Waals surface area (Å²) in [5.74, 6) is 0.989. The second-order valence-electron chi connectivity index (χ2n) is 9.41. The standard InChI is InChI=1S/C26H33N5O4/c32-25(19-29-12-14-34-15-13-29)30-10-7-24(8-11-30)35-23-5-3-21(4-6-23)28-26(33)20-17-31(18-20)22-2-1-9-27-16-22/h1-6,9,16,20,24H,7-8,10-15,17-19H2,(H,28,33). The van der Waals surface area contributed by atoms with E-state index in [2.05, 4.69) is 20.1 Å². The molecule has 0 radical (unpaired) electrons. The van der Waals surface area contributed by atoms with E-state index in [0.29, 0.717) is 32.8 Å². The van der Waals surface area contributed by atoms with Crippen molar-refractivity contribution in [1.29, 1.82) is 0 Å². The number of amides is 2. The maximum absolute atomic E-state index is 12.6. The van der Waals surface area contributed by atoms with E-state index in [-0.39, 0.29) is 23.8 Å². The average molecular weight is 480 g/mol. The van der Waals surface area contributed by atoms with Crippen LogP contribution in [0.25, 0.3) is 0 Å². The monoisotopic (exact) mass is 479 g/mol. The van der Waals surface area contributed by atoms with Crippen LogP contribution in [0.3, 0.4) is 0 Å². The Bertz CT molecular complexity index is 983. The van der Waals surface area contributed by atoms with Gasteiger partial charge in [-0.05, 0) is 36.4 Å². The number of morpholine rings is 1. The van der Waals surface area contributed by atoms with E-state index in [4.69, 9.17) is 9.47 Å². The van der Waals surface area contributed by atoms with E-state index in [1.165, 1.54) is 0 Å². The van der Waals surface area contributed by atoms with Crippen molar-refractivity contribution in [2.24, 2.45) is 5.92 Å². The van der Waals surface area contributed by atoms with Gasteiger partial charge in [0.05, 0.1) is 37.6 Å². The molecule has 35 heavy (non-hydrogen) atoms. The number of aromatic nitrogens is 1. The Labute approximate surface area is 206 Å². The Morgan fingerprint density at radius 3 is 2.46 bits per heavy atom. The number of nitrogens with zero attached hydrogens (tertiary/aromatic N) is 4. The van der Waals surface area contributed by atoms with Crippen LogP contribution >= 0.6 is 0 Å². The maximum Gasteiger partial charge on any atom is 0.236 e. The van der Waals surface area contributed by atoms with Crippen LogP contribution in [0, 0.1) is 5.92 Å². The highest BCUT2D eigenvalue weighted by Crippen LogP contribution is 2.26. The highest BCUT2D eigenvalue weighted by molar-refractivity contribution is 5.94. The predicted octanol–water partition coefficient (Wildman–Crippen LogP) is 1.86. The summed E-state index contributed by atoms with van der Waals surface area (Å²) < 4.78 is 11.5. The number of pyridine rings is 1. The SMILES string of the molecule is O=C(Nc1ccc(OC2CCN(C(=O)CN3CCOCC3)CC2)cc1)C1CN(c2cccnc2)C1. The summed E-state index contributed by atoms with van der Waals surface area (Å²) in [6.07, 6.45) is 5.31. The lowest BCUT2D eigenvalue weighted by Gasteiger charge is -2.39. The molecular weight excluding hydrogens is 446 g/mol. The fourth-order valence-electron chi connectivity index (χ4n) is 4.72. The zero-order chi connectivity index (χ0) is 24.0. The van der Waals surface area contributed by atoms with Crippen LogP contribution in [0.2, 0.25) is 0 Å². The molecule has 9 heteroatoms. The van der Waals surface area contributed by atoms with Gasteiger partial charge in [-0.3, -0.25) is 19.5 Å². The number of anilines is 2. The van der Waals surface area contributed by atoms with Gasteiger partial charge >= 0.3 is 0 Å². The molecule has 0 saturated carbocycles. The number of nitrogens with one attached hydrogen (secondary N) is 1. The summed E-state index contributed by atoms with van der Waals surface area (Å²) in [5, 5.41) is 3.01. The molecule has 0 aliphatic carbocycles. The fraction of sp³-hybridized carbons (Fsp3) is 0.500. The van der Waals surface area contributed by atoms with Gasteiger partial charge in [0, 0.05) is 64.0 Å². The molecule has 0 spiro atoms. The first-order valence-corrected chi connectivity index (χ1v) is 12.4. The summed E-state index contributed by atoms with van der Waals surface area (Å²) in [4.78, 5) is 35.5. The van der Waals surface area contributed by atoms with Gasteiger partial charge in [-0.25, -0.2) is 0 Å². The van der Waals surface area contributed by atoms with Gasteiger partial charge in [0.15, 0.2) is 0 Å². The fourth-order valence-corrected chi connectivity index (χ4v) is 4.72. The lowest BCUT2D eigenvalue weighted by Crippen LogP contribution is -2.52. The van der Waals surface area contributed by atoms with Crippen LogP contribution in [0.4, 0.5) is 11.4 Å². The maximum atomic E-state index is 12.6. The van der Waals surface area contributed by atoms with Gasteiger partial charge in [0.1, 0.15) is 11.9 Å². The largest absolute Gasteiger partial charge is 0.490 e. The topological polar surface area (TPSA) is 87.2 Å². The van der Waals surface area contributed by atoms with Crippen molar-refractivity contribution < 1.29 is 19.1 Å². The van der Waals surface area contributed by atoms with E-state index in [1.807, 2.05) is 47.5 Å². The molecule has 1 aromatic heterocycles. The molecule has 5 rings (SSSR count). The first-order chi connectivity index (χ1) is 17.1. The molecule has 1 aromatic carbocycles. The van der Waals surface area contributed by atoms with Gasteiger partial charge in [-0.2, -0.15) is 0 Å². The molecule has 3 saturated heterocycles. The minimum Gasteiger partial charge on any atom is -0.490 e. The Morgan fingerprint density at radius 1 is 1.03 bits per heavy atom. The first-order valence-electron chi connectivity index (χ1n) is 12.4. The number of likely N-dealkylation sites (tertiary alicyclic amines) is 1. The Kier molecular flexibility index (Phi) is 7.44. The quantitative estimate of drug-likeness (QED) is 0.649. The molecule has 186 valence electrons. The number of carbonyl (C=O) groups excluding carboxylic acids is 2. The number of benzene rings is 1. The average Bonchev–Trinajstić information content (AvgIpc) is 2.86. The van der Waals surface area contributed by atoms with Crippen LogP contribution < -0.4 is 15.0 Å². The second kappa shape index (κ2) is 11.0. The Morgan fingerprint density at radius 2 is 1.77 bits per heavy atom. The summed E-state index contributed by atoms with van der Waals surface area (Å²) >= 11 is 0. The number of rotatable bonds is 7. The van der Waals surface area contributed by atoms with Crippen molar-refractivity contribution in [3.8, 4) is 5.75 Å². The van der Waals surface area contributed by atoms with Gasteiger partial charge in [0.2, 0.25) is 11.8 Å². The highest BCUT2D eigenvalue weighted by atomic mass is 16.5. The molecule has 0 atom stereocenters. The summed E-state index contributed by atoms with van der Waals surface area (Å²) in [7, 11) is 0. The van der Waals surface area contributed by atoms with Crippen molar-refractivity contribution in [2.75, 3.05) is 69.2 Å². The molecule has 3 fully saturated rings. The highest BCUT2D eigenvalue weighted by Gasteiger charge is 2.33. The third kappa shape index (κ3) is 6.10. The number of ether oxygens (including phenoxy) is 2. The van der Waals surface area contributed by atoms with Crippen molar-refractivity contribution in [3.05, 3.63) is 48.8 Å². The minimum absolute atomic E-state index is 0.0257. The van der Waals surface area contributed by atoms with Crippen LogP contribution in [0.5, 0.6) is 5.75 Å². The van der Waals surface area contributed by atoms with E-state index in [0.717, 1.165) is 56.1 Å². The molecule has 2 aromatic rings. The number of piperidine rings is 1. The third-order valence-electron chi connectivity index (χ3n) is 6.95. The van der Waals surface area contributed by atoms with Crippen LogP contribution in [0.15, 0.2) is 48.8 Å². The Hall–Kier alpha value is -3.17. The van der Waals surface area contributed by atoms with Gasteiger partial charge in [0.25, 0.3) is 0 Å². The van der Waals surface area contributed by atoms with E-state index in [1.54, 1.807) is 6.20 Å². The van der Waals surface area contributed by atoms with Gasteiger partial charge < -0.3 is 24.6 Å². The molecule has 0 bridgehead atoms. The molecule has 1 N–H and O–H groups in total. The lowest BCUT2D eigenvalue weighted by molar-refractivity contribution is -0.135. The smallest absolute Gasteiger partial charge is 0.236 e.